The lowest BCUT2D eigenvalue weighted by Crippen LogP contribution is -2.18. The van der Waals surface area contributed by atoms with Gasteiger partial charge in [0.05, 0.1) is 13.0 Å². The number of hydrogen-bond acceptors (Lipinski definition) is 5. The molecule has 0 saturated carbocycles. The van der Waals surface area contributed by atoms with Gasteiger partial charge in [-0.05, 0) is 28.1 Å². The van der Waals surface area contributed by atoms with E-state index in [1.807, 2.05) is 0 Å². The van der Waals surface area contributed by atoms with Crippen LogP contribution in [0.2, 0.25) is 0 Å². The summed E-state index contributed by atoms with van der Waals surface area (Å²) in [5.74, 6) is 0.127. The molecule has 96 valence electrons. The smallest absolute Gasteiger partial charge is 0.165 e. The maximum Gasteiger partial charge on any atom is 0.165 e. The standard InChI is InChI=1S/C11H14FN5O/c1-17-11(14-15-16-17)8(6-13)7-3-4-10(18-2)9(12)5-7/h3-5,8H,6,13H2,1-2H3. The van der Waals surface area contributed by atoms with Crippen LogP contribution in [0.25, 0.3) is 0 Å². The van der Waals surface area contributed by atoms with Crippen LogP contribution < -0.4 is 10.5 Å². The summed E-state index contributed by atoms with van der Waals surface area (Å²) in [6, 6.07) is 4.72. The molecule has 0 amide bonds. The molecule has 18 heavy (non-hydrogen) atoms. The van der Waals surface area contributed by atoms with Crippen molar-refractivity contribution in [2.75, 3.05) is 13.7 Å². The van der Waals surface area contributed by atoms with Crippen LogP contribution in [0.5, 0.6) is 5.75 Å². The van der Waals surface area contributed by atoms with Gasteiger partial charge in [-0.25, -0.2) is 9.07 Å². The minimum absolute atomic E-state index is 0.200. The molecular weight excluding hydrogens is 237 g/mol. The summed E-state index contributed by atoms with van der Waals surface area (Å²) in [6.07, 6.45) is 0. The van der Waals surface area contributed by atoms with Gasteiger partial charge in [-0.2, -0.15) is 0 Å². The Morgan fingerprint density at radius 3 is 2.78 bits per heavy atom. The van der Waals surface area contributed by atoms with E-state index in [0.717, 1.165) is 0 Å². The van der Waals surface area contributed by atoms with Crippen molar-refractivity contribution in [1.82, 2.24) is 20.2 Å². The van der Waals surface area contributed by atoms with E-state index < -0.39 is 5.82 Å². The molecule has 0 aliphatic rings. The van der Waals surface area contributed by atoms with Crippen LogP contribution in [-0.4, -0.2) is 33.9 Å². The molecule has 2 aromatic rings. The normalized spacial score (nSPS) is 12.4. The molecular formula is C11H14FN5O. The van der Waals surface area contributed by atoms with Crippen molar-refractivity contribution in [3.63, 3.8) is 0 Å². The SMILES string of the molecule is COc1ccc(C(CN)c2nnnn2C)cc1F. The second kappa shape index (κ2) is 5.09. The molecule has 2 rings (SSSR count). The number of ether oxygens (including phenoxy) is 1. The van der Waals surface area contributed by atoms with Crippen LogP contribution in [0.4, 0.5) is 4.39 Å². The Hall–Kier alpha value is -2.02. The number of nitrogens with zero attached hydrogens (tertiary/aromatic N) is 4. The van der Waals surface area contributed by atoms with Gasteiger partial charge in [0.25, 0.3) is 0 Å². The quantitative estimate of drug-likeness (QED) is 0.853. The highest BCUT2D eigenvalue weighted by Gasteiger charge is 2.19. The third kappa shape index (κ3) is 2.17. The van der Waals surface area contributed by atoms with Crippen molar-refractivity contribution >= 4 is 0 Å². The Morgan fingerprint density at radius 2 is 2.28 bits per heavy atom. The number of halogens is 1. The number of rotatable bonds is 4. The fourth-order valence-electron chi connectivity index (χ4n) is 1.82. The maximum atomic E-state index is 13.7. The number of benzene rings is 1. The lowest BCUT2D eigenvalue weighted by Gasteiger charge is -2.14. The summed E-state index contributed by atoms with van der Waals surface area (Å²) >= 11 is 0. The predicted octanol–water partition coefficient (Wildman–Crippen LogP) is 0.448. The molecule has 6 nitrogen and oxygen atoms in total. The number of tetrazole rings is 1. The number of methoxy groups -OCH3 is 1. The van der Waals surface area contributed by atoms with E-state index in [0.29, 0.717) is 17.9 Å². The third-order valence-electron chi connectivity index (χ3n) is 2.78. The van der Waals surface area contributed by atoms with Gasteiger partial charge in [-0.15, -0.1) is 5.10 Å². The Kier molecular flexibility index (Phi) is 3.52. The highest BCUT2D eigenvalue weighted by atomic mass is 19.1. The van der Waals surface area contributed by atoms with Gasteiger partial charge in [-0.1, -0.05) is 6.07 Å². The Morgan fingerprint density at radius 1 is 1.50 bits per heavy atom. The molecule has 2 N–H and O–H groups in total. The molecule has 0 aliphatic carbocycles. The van der Waals surface area contributed by atoms with Gasteiger partial charge in [0.1, 0.15) is 0 Å². The molecule has 0 radical (unpaired) electrons. The number of aromatic nitrogens is 4. The van der Waals surface area contributed by atoms with Crippen LogP contribution in [0, 0.1) is 5.82 Å². The Labute approximate surface area is 104 Å². The molecule has 1 aromatic carbocycles. The van der Waals surface area contributed by atoms with E-state index in [1.54, 1.807) is 19.2 Å². The molecule has 1 atom stereocenters. The Balaban J connectivity index is 2.40. The van der Waals surface area contributed by atoms with E-state index in [-0.39, 0.29) is 11.7 Å². The second-order valence-corrected chi connectivity index (χ2v) is 3.84. The largest absolute Gasteiger partial charge is 0.494 e. The first kappa shape index (κ1) is 12.4. The van der Waals surface area contributed by atoms with Crippen molar-refractivity contribution in [3.05, 3.63) is 35.4 Å². The van der Waals surface area contributed by atoms with Crippen LogP contribution in [-0.2, 0) is 7.05 Å². The fraction of sp³-hybridized carbons (Fsp3) is 0.364. The summed E-state index contributed by atoms with van der Waals surface area (Å²) in [5.41, 5.74) is 6.44. The zero-order valence-electron chi connectivity index (χ0n) is 10.2. The first-order valence-electron chi connectivity index (χ1n) is 5.43. The molecule has 1 aromatic heterocycles. The van der Waals surface area contributed by atoms with Gasteiger partial charge < -0.3 is 10.5 Å². The average molecular weight is 251 g/mol. The molecule has 1 unspecified atom stereocenters. The zero-order chi connectivity index (χ0) is 13.1. The van der Waals surface area contributed by atoms with E-state index >= 15 is 0 Å². The van der Waals surface area contributed by atoms with Crippen molar-refractivity contribution < 1.29 is 9.13 Å². The van der Waals surface area contributed by atoms with Gasteiger partial charge in [0, 0.05) is 13.6 Å². The van der Waals surface area contributed by atoms with Gasteiger partial charge >= 0.3 is 0 Å². The van der Waals surface area contributed by atoms with E-state index in [1.165, 1.54) is 17.9 Å². The van der Waals surface area contributed by atoms with Crippen molar-refractivity contribution in [2.24, 2.45) is 12.8 Å². The van der Waals surface area contributed by atoms with Gasteiger partial charge in [-0.3, -0.25) is 0 Å². The maximum absolute atomic E-state index is 13.7. The number of hydrogen-bond donors (Lipinski definition) is 1. The summed E-state index contributed by atoms with van der Waals surface area (Å²) in [4.78, 5) is 0. The van der Waals surface area contributed by atoms with Gasteiger partial charge in [0.15, 0.2) is 17.4 Å². The monoisotopic (exact) mass is 251 g/mol. The second-order valence-electron chi connectivity index (χ2n) is 3.84. The van der Waals surface area contributed by atoms with E-state index in [2.05, 4.69) is 15.5 Å². The number of nitrogens with two attached hydrogens (primary N) is 1. The molecule has 0 saturated heterocycles. The predicted molar refractivity (Wildman–Crippen MR) is 62.6 cm³/mol. The van der Waals surface area contributed by atoms with Crippen molar-refractivity contribution in [2.45, 2.75) is 5.92 Å². The highest BCUT2D eigenvalue weighted by Crippen LogP contribution is 2.25. The minimum Gasteiger partial charge on any atom is -0.494 e. The van der Waals surface area contributed by atoms with Crippen LogP contribution in [0.1, 0.15) is 17.3 Å². The summed E-state index contributed by atoms with van der Waals surface area (Å²) in [5, 5.41) is 11.2. The van der Waals surface area contributed by atoms with Gasteiger partial charge in [0.2, 0.25) is 0 Å². The van der Waals surface area contributed by atoms with Crippen LogP contribution in [0.3, 0.4) is 0 Å². The van der Waals surface area contributed by atoms with Crippen LogP contribution >= 0.6 is 0 Å². The average Bonchev–Trinajstić information content (AvgIpc) is 2.77. The molecule has 0 spiro atoms. The topological polar surface area (TPSA) is 78.8 Å². The first-order chi connectivity index (χ1) is 8.67. The fourth-order valence-corrected chi connectivity index (χ4v) is 1.82. The van der Waals surface area contributed by atoms with Crippen molar-refractivity contribution in [3.8, 4) is 5.75 Å². The zero-order valence-corrected chi connectivity index (χ0v) is 10.2. The van der Waals surface area contributed by atoms with Crippen molar-refractivity contribution in [1.29, 1.82) is 0 Å². The summed E-state index contributed by atoms with van der Waals surface area (Å²) in [6.45, 7) is 0.292. The number of aryl methyl sites for hydroxylation is 1. The highest BCUT2D eigenvalue weighted by molar-refractivity contribution is 5.33. The molecule has 0 bridgehead atoms. The lowest BCUT2D eigenvalue weighted by molar-refractivity contribution is 0.386. The Bertz CT molecular complexity index is 542. The molecule has 1 heterocycles. The third-order valence-corrected chi connectivity index (χ3v) is 2.78. The molecule has 7 heteroatoms. The van der Waals surface area contributed by atoms with E-state index in [4.69, 9.17) is 10.5 Å². The summed E-state index contributed by atoms with van der Waals surface area (Å²) in [7, 11) is 3.14. The molecule has 0 fully saturated rings. The summed E-state index contributed by atoms with van der Waals surface area (Å²) < 4.78 is 20.1. The lowest BCUT2D eigenvalue weighted by atomic mass is 9.98. The van der Waals surface area contributed by atoms with Crippen LogP contribution in [0.15, 0.2) is 18.2 Å². The molecule has 0 aliphatic heterocycles. The minimum atomic E-state index is -0.427. The first-order valence-corrected chi connectivity index (χ1v) is 5.43. The van der Waals surface area contributed by atoms with E-state index in [9.17, 15) is 4.39 Å².